The Bertz CT molecular complexity index is 1060. The van der Waals surface area contributed by atoms with Crippen LogP contribution in [0.2, 0.25) is 0 Å². The summed E-state index contributed by atoms with van der Waals surface area (Å²) >= 11 is 1.37. The van der Waals surface area contributed by atoms with Gasteiger partial charge in [-0.1, -0.05) is 20.8 Å². The number of thiazole rings is 1. The van der Waals surface area contributed by atoms with Gasteiger partial charge >= 0.3 is 6.18 Å². The fraction of sp³-hybridized carbons (Fsp3) is 0.500. The largest absolute Gasteiger partial charge is 0.433 e. The second kappa shape index (κ2) is 7.33. The van der Waals surface area contributed by atoms with Crippen LogP contribution in [-0.4, -0.2) is 43.5 Å². The quantitative estimate of drug-likeness (QED) is 0.591. The maximum Gasteiger partial charge on any atom is 0.433 e. The number of piperidine rings is 1. The van der Waals surface area contributed by atoms with E-state index < -0.39 is 17.3 Å². The molecule has 4 rings (SSSR count). The Labute approximate surface area is 175 Å². The molecule has 4 heterocycles. The number of alkyl halides is 3. The normalized spacial score (nSPS) is 16.4. The summed E-state index contributed by atoms with van der Waals surface area (Å²) in [5.41, 5.74) is 1.86. The molecule has 1 fully saturated rings. The van der Waals surface area contributed by atoms with Crippen molar-refractivity contribution in [3.05, 3.63) is 45.8 Å². The summed E-state index contributed by atoms with van der Waals surface area (Å²) in [5, 5.41) is 5.98. The van der Waals surface area contributed by atoms with Gasteiger partial charge in [-0.3, -0.25) is 4.79 Å². The molecule has 1 aliphatic rings. The molecule has 1 aliphatic heterocycles. The number of halogens is 3. The van der Waals surface area contributed by atoms with Gasteiger partial charge < -0.3 is 4.90 Å². The average Bonchev–Trinajstić information content (AvgIpc) is 3.35. The van der Waals surface area contributed by atoms with Gasteiger partial charge in [-0.2, -0.15) is 18.3 Å². The average molecular weight is 437 g/mol. The van der Waals surface area contributed by atoms with Gasteiger partial charge in [-0.15, -0.1) is 11.3 Å². The van der Waals surface area contributed by atoms with Crippen LogP contribution in [0.25, 0.3) is 5.65 Å². The Morgan fingerprint density at radius 3 is 2.43 bits per heavy atom. The predicted molar refractivity (Wildman–Crippen MR) is 107 cm³/mol. The molecule has 0 aromatic carbocycles. The van der Waals surface area contributed by atoms with Crippen molar-refractivity contribution in [1.29, 1.82) is 0 Å². The van der Waals surface area contributed by atoms with E-state index in [0.717, 1.165) is 10.6 Å². The molecular formula is C20H22F3N5OS. The molecule has 10 heteroatoms. The lowest BCUT2D eigenvalue weighted by Crippen LogP contribution is -2.38. The summed E-state index contributed by atoms with van der Waals surface area (Å²) in [6, 6.07) is 2.73. The number of hydrogen-bond acceptors (Lipinski definition) is 5. The maximum atomic E-state index is 13.7. The molecule has 0 saturated carbocycles. The van der Waals surface area contributed by atoms with Gasteiger partial charge in [-0.25, -0.2) is 14.5 Å². The number of hydrogen-bond donors (Lipinski definition) is 0. The van der Waals surface area contributed by atoms with E-state index in [9.17, 15) is 18.0 Å². The minimum Gasteiger partial charge on any atom is -0.337 e. The Kier molecular flexibility index (Phi) is 5.08. The van der Waals surface area contributed by atoms with Crippen LogP contribution < -0.4 is 0 Å². The number of rotatable bonds is 2. The molecule has 0 unspecified atom stereocenters. The van der Waals surface area contributed by atoms with Crippen LogP contribution >= 0.6 is 11.3 Å². The number of carbonyl (C=O) groups excluding carboxylic acids is 1. The number of amides is 1. The van der Waals surface area contributed by atoms with Crippen molar-refractivity contribution in [3.63, 3.8) is 0 Å². The first-order valence-electron chi connectivity index (χ1n) is 9.70. The first-order chi connectivity index (χ1) is 14.0. The van der Waals surface area contributed by atoms with Gasteiger partial charge in [0.25, 0.3) is 5.91 Å². The first kappa shape index (κ1) is 20.8. The number of fused-ring (bicyclic) bond motifs is 1. The van der Waals surface area contributed by atoms with Crippen LogP contribution in [0.1, 0.15) is 67.1 Å². The lowest BCUT2D eigenvalue weighted by molar-refractivity contribution is -0.142. The fourth-order valence-corrected chi connectivity index (χ4v) is 4.16. The lowest BCUT2D eigenvalue weighted by atomic mass is 9.91. The molecule has 0 bridgehead atoms. The molecule has 6 nitrogen and oxygen atoms in total. The number of nitrogens with zero attached hydrogens (tertiary/aromatic N) is 5. The summed E-state index contributed by atoms with van der Waals surface area (Å²) in [7, 11) is 0. The molecule has 160 valence electrons. The van der Waals surface area contributed by atoms with E-state index in [4.69, 9.17) is 0 Å². The van der Waals surface area contributed by atoms with Crippen LogP contribution in [0.4, 0.5) is 13.2 Å². The fourth-order valence-electron chi connectivity index (χ4n) is 3.64. The van der Waals surface area contributed by atoms with Crippen molar-refractivity contribution in [2.75, 3.05) is 13.1 Å². The molecule has 0 spiro atoms. The smallest absolute Gasteiger partial charge is 0.337 e. The van der Waals surface area contributed by atoms with Crippen LogP contribution in [0.5, 0.6) is 0 Å². The third kappa shape index (κ3) is 3.92. The molecule has 1 saturated heterocycles. The maximum absolute atomic E-state index is 13.7. The van der Waals surface area contributed by atoms with Gasteiger partial charge in [0.15, 0.2) is 5.65 Å². The van der Waals surface area contributed by atoms with Gasteiger partial charge in [0.2, 0.25) is 0 Å². The number of likely N-dealkylation sites (tertiary alicyclic amines) is 1. The molecule has 0 aliphatic carbocycles. The zero-order valence-electron chi connectivity index (χ0n) is 16.9. The molecule has 0 atom stereocenters. The minimum atomic E-state index is -4.53. The predicted octanol–water partition coefficient (Wildman–Crippen LogP) is 4.52. The molecule has 1 amide bonds. The minimum absolute atomic E-state index is 0.0228. The van der Waals surface area contributed by atoms with Crippen molar-refractivity contribution >= 4 is 22.9 Å². The lowest BCUT2D eigenvalue weighted by Gasteiger charge is -2.30. The highest BCUT2D eigenvalue weighted by molar-refractivity contribution is 7.07. The van der Waals surface area contributed by atoms with Gasteiger partial charge in [0.1, 0.15) is 11.4 Å². The second-order valence-electron chi connectivity index (χ2n) is 8.55. The van der Waals surface area contributed by atoms with E-state index in [-0.39, 0.29) is 17.5 Å². The zero-order valence-corrected chi connectivity index (χ0v) is 17.7. The van der Waals surface area contributed by atoms with E-state index >= 15 is 0 Å². The van der Waals surface area contributed by atoms with Crippen molar-refractivity contribution < 1.29 is 18.0 Å². The van der Waals surface area contributed by atoms with E-state index in [2.05, 4.69) is 15.1 Å². The third-order valence-corrected chi connectivity index (χ3v) is 5.94. The summed E-state index contributed by atoms with van der Waals surface area (Å²) in [6.07, 6.45) is -3.27. The summed E-state index contributed by atoms with van der Waals surface area (Å²) in [6.45, 7) is 6.53. The second-order valence-corrected chi connectivity index (χ2v) is 9.27. The van der Waals surface area contributed by atoms with E-state index in [1.54, 1.807) is 21.9 Å². The van der Waals surface area contributed by atoms with Gasteiger partial charge in [0, 0.05) is 35.9 Å². The highest BCUT2D eigenvalue weighted by Crippen LogP contribution is 2.34. The summed E-state index contributed by atoms with van der Waals surface area (Å²) < 4.78 is 41.9. The molecular weight excluding hydrogens is 415 g/mol. The molecule has 0 N–H and O–H groups in total. The number of carbonyl (C=O) groups is 1. The molecule has 3 aromatic rings. The van der Waals surface area contributed by atoms with Crippen molar-refractivity contribution in [3.8, 4) is 0 Å². The van der Waals surface area contributed by atoms with Crippen LogP contribution in [0, 0.1) is 0 Å². The van der Waals surface area contributed by atoms with E-state index in [1.165, 1.54) is 11.3 Å². The topological polar surface area (TPSA) is 63.4 Å². The number of aromatic nitrogens is 4. The monoisotopic (exact) mass is 437 g/mol. The summed E-state index contributed by atoms with van der Waals surface area (Å²) in [4.78, 5) is 22.7. The highest BCUT2D eigenvalue weighted by atomic mass is 32.1. The standard InChI is InChI=1S/C20H22F3N5OS/c1-19(2,3)15-9-16(20(21,22)23)28-17(25-15)8-13(26-28)12-4-6-27(7-5-12)18(29)14-10-30-11-24-14/h8-12H,4-7H2,1-3H3. The van der Waals surface area contributed by atoms with Crippen LogP contribution in [0.3, 0.4) is 0 Å². The Morgan fingerprint density at radius 2 is 1.87 bits per heavy atom. The Hall–Kier alpha value is -2.49. The molecule has 3 aromatic heterocycles. The van der Waals surface area contributed by atoms with Gasteiger partial charge in [0.05, 0.1) is 16.9 Å². The van der Waals surface area contributed by atoms with Crippen LogP contribution in [-0.2, 0) is 11.6 Å². The zero-order chi connectivity index (χ0) is 21.7. The molecule has 0 radical (unpaired) electrons. The van der Waals surface area contributed by atoms with E-state index in [1.807, 2.05) is 20.8 Å². The van der Waals surface area contributed by atoms with Crippen LogP contribution in [0.15, 0.2) is 23.0 Å². The first-order valence-corrected chi connectivity index (χ1v) is 10.6. The van der Waals surface area contributed by atoms with Crippen molar-refractivity contribution in [2.24, 2.45) is 0 Å². The van der Waals surface area contributed by atoms with Crippen molar-refractivity contribution in [2.45, 2.75) is 51.1 Å². The van der Waals surface area contributed by atoms with Gasteiger partial charge in [-0.05, 0) is 18.9 Å². The molecule has 30 heavy (non-hydrogen) atoms. The third-order valence-electron chi connectivity index (χ3n) is 5.36. The Morgan fingerprint density at radius 1 is 1.17 bits per heavy atom. The highest BCUT2D eigenvalue weighted by Gasteiger charge is 2.37. The van der Waals surface area contributed by atoms with E-state index in [0.29, 0.717) is 43.0 Å². The summed E-state index contributed by atoms with van der Waals surface area (Å²) in [5.74, 6) is -0.133. The van der Waals surface area contributed by atoms with Crippen molar-refractivity contribution in [1.82, 2.24) is 24.5 Å². The SMILES string of the molecule is CC(C)(C)c1cc(C(F)(F)F)n2nc(C3CCN(C(=O)c4cscn4)CC3)cc2n1. The Balaban J connectivity index is 1.60.